The maximum absolute atomic E-state index is 12.3. The molecule has 7 nitrogen and oxygen atoms in total. The molecule has 0 aromatic heterocycles. The summed E-state index contributed by atoms with van der Waals surface area (Å²) in [7, 11) is 4.19. The SMILES string of the molecule is CN(CCN(C)C(C)(C)C)C(=O)c1ccccc1.CN(CCN(C)S(=O)(=O)c1ccccc1)C(C)(C)C. The van der Waals surface area contributed by atoms with Gasteiger partial charge >= 0.3 is 0 Å². The molecule has 0 bridgehead atoms. The minimum absolute atomic E-state index is 0.0390. The number of sulfonamides is 1. The van der Waals surface area contributed by atoms with Crippen LogP contribution in [0, 0.1) is 0 Å². The second-order valence-electron chi connectivity index (χ2n) is 11.4. The summed E-state index contributed by atoms with van der Waals surface area (Å²) in [4.78, 5) is 18.6. The Bertz CT molecular complexity index is 1050. The Morgan fingerprint density at radius 2 is 1.05 bits per heavy atom. The molecule has 0 N–H and O–H groups in total. The lowest BCUT2D eigenvalue weighted by molar-refractivity contribution is 0.0757. The van der Waals surface area contributed by atoms with E-state index in [9.17, 15) is 13.2 Å². The van der Waals surface area contributed by atoms with Gasteiger partial charge in [-0.25, -0.2) is 8.42 Å². The van der Waals surface area contributed by atoms with Gasteiger partial charge in [-0.05, 0) is 79.9 Å². The van der Waals surface area contributed by atoms with Crippen LogP contribution in [-0.2, 0) is 10.0 Å². The highest BCUT2D eigenvalue weighted by atomic mass is 32.2. The molecule has 0 saturated carbocycles. The second-order valence-corrected chi connectivity index (χ2v) is 13.5. The van der Waals surface area contributed by atoms with Crippen molar-refractivity contribution in [2.45, 2.75) is 57.5 Å². The summed E-state index contributed by atoms with van der Waals surface area (Å²) in [6.45, 7) is 15.6. The largest absolute Gasteiger partial charge is 0.340 e. The Morgan fingerprint density at radius 3 is 1.49 bits per heavy atom. The third kappa shape index (κ3) is 10.9. The van der Waals surface area contributed by atoms with Crippen molar-refractivity contribution in [3.8, 4) is 0 Å². The van der Waals surface area contributed by atoms with E-state index in [0.29, 0.717) is 18.0 Å². The molecule has 2 rings (SSSR count). The van der Waals surface area contributed by atoms with Gasteiger partial charge in [0.2, 0.25) is 10.0 Å². The average molecular weight is 533 g/mol. The molecule has 208 valence electrons. The lowest BCUT2D eigenvalue weighted by atomic mass is 10.1. The molecule has 0 atom stereocenters. The molecular weight excluding hydrogens is 484 g/mol. The quantitative estimate of drug-likeness (QED) is 0.475. The van der Waals surface area contributed by atoms with E-state index in [1.807, 2.05) is 50.5 Å². The summed E-state index contributed by atoms with van der Waals surface area (Å²) in [6, 6.07) is 17.9. The molecule has 1 amide bonds. The van der Waals surface area contributed by atoms with Gasteiger partial charge in [-0.3, -0.25) is 9.69 Å². The predicted octanol–water partition coefficient (Wildman–Crippen LogP) is 4.53. The van der Waals surface area contributed by atoms with Crippen LogP contribution in [-0.4, -0.2) is 98.8 Å². The van der Waals surface area contributed by atoms with E-state index in [1.165, 1.54) is 4.31 Å². The fourth-order valence-corrected chi connectivity index (χ4v) is 4.24. The van der Waals surface area contributed by atoms with Crippen molar-refractivity contribution in [1.29, 1.82) is 0 Å². The van der Waals surface area contributed by atoms with Crippen molar-refractivity contribution in [3.63, 3.8) is 0 Å². The molecule has 8 heteroatoms. The van der Waals surface area contributed by atoms with Gasteiger partial charge in [-0.15, -0.1) is 0 Å². The molecule has 0 aliphatic heterocycles. The fraction of sp³-hybridized carbons (Fsp3) is 0.552. The highest BCUT2D eigenvalue weighted by Crippen LogP contribution is 2.15. The summed E-state index contributed by atoms with van der Waals surface area (Å²) in [5.74, 6) is 0.0814. The van der Waals surface area contributed by atoms with Crippen molar-refractivity contribution < 1.29 is 13.2 Å². The normalized spacial score (nSPS) is 12.5. The first kappa shape index (κ1) is 32.8. The van der Waals surface area contributed by atoms with Gasteiger partial charge < -0.3 is 9.80 Å². The lowest BCUT2D eigenvalue weighted by Crippen LogP contribution is -2.43. The molecule has 0 spiro atoms. The Labute approximate surface area is 226 Å². The van der Waals surface area contributed by atoms with E-state index in [-0.39, 0.29) is 17.0 Å². The minimum atomic E-state index is -3.37. The van der Waals surface area contributed by atoms with Crippen LogP contribution < -0.4 is 0 Å². The average Bonchev–Trinajstić information content (AvgIpc) is 2.85. The molecule has 0 unspecified atom stereocenters. The van der Waals surface area contributed by atoms with Gasteiger partial charge in [0.15, 0.2) is 0 Å². The van der Waals surface area contributed by atoms with Crippen LogP contribution in [0.25, 0.3) is 0 Å². The summed E-state index contributed by atoms with van der Waals surface area (Å²) < 4.78 is 26.0. The van der Waals surface area contributed by atoms with E-state index in [4.69, 9.17) is 0 Å². The number of carbonyl (C=O) groups excluding carboxylic acids is 1. The van der Waals surface area contributed by atoms with Crippen molar-refractivity contribution in [2.75, 3.05) is 54.4 Å². The molecule has 2 aromatic carbocycles. The van der Waals surface area contributed by atoms with Crippen molar-refractivity contribution in [2.24, 2.45) is 0 Å². The van der Waals surface area contributed by atoms with Crippen LogP contribution >= 0.6 is 0 Å². The van der Waals surface area contributed by atoms with E-state index in [1.54, 1.807) is 36.2 Å². The number of amides is 1. The third-order valence-electron chi connectivity index (χ3n) is 6.63. The van der Waals surface area contributed by atoms with Crippen LogP contribution in [0.4, 0.5) is 0 Å². The number of rotatable bonds is 9. The molecule has 0 radical (unpaired) electrons. The highest BCUT2D eigenvalue weighted by Gasteiger charge is 2.23. The molecule has 2 aromatic rings. The van der Waals surface area contributed by atoms with Crippen LogP contribution in [0.3, 0.4) is 0 Å². The van der Waals surface area contributed by atoms with Crippen LogP contribution in [0.1, 0.15) is 51.9 Å². The van der Waals surface area contributed by atoms with Gasteiger partial charge in [0.05, 0.1) is 4.90 Å². The summed E-state index contributed by atoms with van der Waals surface area (Å²) >= 11 is 0. The first-order valence-electron chi connectivity index (χ1n) is 12.7. The van der Waals surface area contributed by atoms with Crippen LogP contribution in [0.15, 0.2) is 65.6 Å². The maximum Gasteiger partial charge on any atom is 0.253 e. The zero-order chi connectivity index (χ0) is 28.4. The zero-order valence-electron chi connectivity index (χ0n) is 24.5. The van der Waals surface area contributed by atoms with Gasteiger partial charge in [-0.1, -0.05) is 36.4 Å². The molecule has 0 saturated heterocycles. The Hall–Kier alpha value is -2.26. The molecule has 0 fully saturated rings. The Morgan fingerprint density at radius 1 is 0.649 bits per heavy atom. The number of carbonyl (C=O) groups is 1. The van der Waals surface area contributed by atoms with Crippen molar-refractivity contribution in [1.82, 2.24) is 19.0 Å². The zero-order valence-corrected chi connectivity index (χ0v) is 25.3. The molecule has 37 heavy (non-hydrogen) atoms. The second kappa shape index (κ2) is 14.0. The van der Waals surface area contributed by atoms with E-state index in [0.717, 1.165) is 18.7 Å². The number of benzene rings is 2. The smallest absolute Gasteiger partial charge is 0.253 e. The molecule has 0 aliphatic carbocycles. The van der Waals surface area contributed by atoms with E-state index >= 15 is 0 Å². The number of hydrogen-bond acceptors (Lipinski definition) is 5. The first-order chi connectivity index (χ1) is 17.0. The van der Waals surface area contributed by atoms with Crippen molar-refractivity contribution in [3.05, 3.63) is 66.2 Å². The van der Waals surface area contributed by atoms with Gasteiger partial charge in [0, 0.05) is 56.9 Å². The van der Waals surface area contributed by atoms with Crippen molar-refractivity contribution >= 4 is 15.9 Å². The van der Waals surface area contributed by atoms with Gasteiger partial charge in [-0.2, -0.15) is 4.31 Å². The molecule has 0 aliphatic rings. The highest BCUT2D eigenvalue weighted by molar-refractivity contribution is 7.89. The summed E-state index contributed by atoms with van der Waals surface area (Å²) in [5.41, 5.74) is 0.923. The molecule has 0 heterocycles. The maximum atomic E-state index is 12.3. The Kier molecular flexibility index (Phi) is 12.4. The van der Waals surface area contributed by atoms with Crippen LogP contribution in [0.2, 0.25) is 0 Å². The Balaban J connectivity index is 0.000000371. The summed E-state index contributed by atoms with van der Waals surface area (Å²) in [6.07, 6.45) is 0. The summed E-state index contributed by atoms with van der Waals surface area (Å²) in [5, 5.41) is 0. The van der Waals surface area contributed by atoms with Gasteiger partial charge in [0.1, 0.15) is 0 Å². The third-order valence-corrected chi connectivity index (χ3v) is 8.50. The lowest BCUT2D eigenvalue weighted by Gasteiger charge is -2.33. The number of nitrogens with zero attached hydrogens (tertiary/aromatic N) is 4. The topological polar surface area (TPSA) is 64.2 Å². The number of hydrogen-bond donors (Lipinski definition) is 0. The number of likely N-dealkylation sites (N-methyl/N-ethyl adjacent to an activating group) is 4. The predicted molar refractivity (Wildman–Crippen MR) is 154 cm³/mol. The van der Waals surface area contributed by atoms with E-state index < -0.39 is 10.0 Å². The van der Waals surface area contributed by atoms with E-state index in [2.05, 4.69) is 58.4 Å². The monoisotopic (exact) mass is 532 g/mol. The fourth-order valence-electron chi connectivity index (χ4n) is 3.06. The minimum Gasteiger partial charge on any atom is -0.340 e. The standard InChI is InChI=1S/C15H24N2O.C14H24N2O2S/c1-15(2,3)17(5)12-11-16(4)14(18)13-9-7-6-8-10-13;1-14(2,3)15(4)11-12-16(5)19(17,18)13-9-7-6-8-10-13/h6-10H,11-12H2,1-5H3;6-10H,11-12H2,1-5H3. The molecular formula is C29H48N4O3S. The first-order valence-corrected chi connectivity index (χ1v) is 14.2. The van der Waals surface area contributed by atoms with Gasteiger partial charge in [0.25, 0.3) is 5.91 Å². The van der Waals surface area contributed by atoms with Crippen LogP contribution in [0.5, 0.6) is 0 Å².